The number of nitrogens with zero attached hydrogens (tertiary/aromatic N) is 1. The number of carboxylic acids is 1. The number of methoxy groups -OCH3 is 1. The van der Waals surface area contributed by atoms with Crippen molar-refractivity contribution in [2.45, 2.75) is 37.5 Å². The van der Waals surface area contributed by atoms with E-state index in [-0.39, 0.29) is 18.8 Å². The summed E-state index contributed by atoms with van der Waals surface area (Å²) >= 11 is 4.87. The number of aromatic amines is 1. The molecular formula is C17H27N3O14P2S. The van der Waals surface area contributed by atoms with Crippen molar-refractivity contribution >= 4 is 38.0 Å². The molecule has 3 unspecified atom stereocenters. The number of rotatable bonds is 13. The largest absolute Gasteiger partial charge is 0.480 e. The minimum absolute atomic E-state index is 0.0350. The Bertz CT molecular complexity index is 1200. The number of aliphatic carboxylic acids is 1. The molecule has 17 nitrogen and oxygen atoms in total. The molecule has 1 aliphatic rings. The van der Waals surface area contributed by atoms with E-state index in [0.717, 1.165) is 17.9 Å². The Labute approximate surface area is 214 Å². The molecule has 0 bridgehead atoms. The van der Waals surface area contributed by atoms with Gasteiger partial charge in [-0.05, 0) is 18.7 Å². The highest BCUT2D eigenvalue weighted by molar-refractivity contribution is 8.07. The van der Waals surface area contributed by atoms with Gasteiger partial charge in [-0.1, -0.05) is 0 Å². The molecule has 0 saturated carbocycles. The van der Waals surface area contributed by atoms with Crippen molar-refractivity contribution < 1.29 is 57.2 Å². The summed E-state index contributed by atoms with van der Waals surface area (Å²) in [6.07, 6.45) is -6.45. The normalized spacial score (nSPS) is 24.4. The first-order valence-corrected chi connectivity index (χ1v) is 14.7. The second-order valence-electron chi connectivity index (χ2n) is 7.72. The van der Waals surface area contributed by atoms with Gasteiger partial charge < -0.3 is 43.8 Å². The van der Waals surface area contributed by atoms with E-state index in [1.54, 1.807) is 0 Å². The topological polar surface area (TPSA) is 245 Å². The second-order valence-corrected chi connectivity index (χ2v) is 12.3. The van der Waals surface area contributed by atoms with Crippen molar-refractivity contribution in [1.82, 2.24) is 14.9 Å². The molecule has 2 heterocycles. The minimum atomic E-state index is -4.88. The zero-order valence-electron chi connectivity index (χ0n) is 19.7. The number of amides is 1. The van der Waals surface area contributed by atoms with Crippen molar-refractivity contribution in [3.63, 3.8) is 0 Å². The van der Waals surface area contributed by atoms with Gasteiger partial charge in [0.2, 0.25) is 0 Å². The van der Waals surface area contributed by atoms with E-state index in [1.165, 1.54) is 14.0 Å². The summed E-state index contributed by atoms with van der Waals surface area (Å²) in [6, 6.07) is -2.04. The number of carboxylic acid groups (broad SMARTS) is 1. The quantitative estimate of drug-likeness (QED) is 0.105. The van der Waals surface area contributed by atoms with Gasteiger partial charge in [-0.2, -0.15) is 0 Å². The number of H-pyrrole nitrogens is 1. The van der Waals surface area contributed by atoms with Crippen molar-refractivity contribution in [1.29, 1.82) is 0 Å². The Hall–Kier alpha value is -1.82. The minimum Gasteiger partial charge on any atom is -0.480 e. The van der Waals surface area contributed by atoms with Crippen LogP contribution in [0, 0.1) is 6.92 Å². The summed E-state index contributed by atoms with van der Waals surface area (Å²) < 4.78 is 38.8. The lowest BCUT2D eigenvalue weighted by atomic mass is 10.1. The average molecular weight is 591 g/mol. The monoisotopic (exact) mass is 591 g/mol. The van der Waals surface area contributed by atoms with Crippen LogP contribution in [0.25, 0.3) is 0 Å². The number of aryl methyl sites for hydroxylation is 1. The van der Waals surface area contributed by atoms with Crippen molar-refractivity contribution in [2.24, 2.45) is 0 Å². The highest BCUT2D eigenvalue weighted by Gasteiger charge is 2.53. The summed E-state index contributed by atoms with van der Waals surface area (Å²) in [5, 5.41) is 11.3. The number of aromatic nitrogens is 2. The Kier molecular flexibility index (Phi) is 10.9. The van der Waals surface area contributed by atoms with Crippen molar-refractivity contribution in [2.75, 3.05) is 33.6 Å². The first-order valence-electron chi connectivity index (χ1n) is 10.3. The van der Waals surface area contributed by atoms with Gasteiger partial charge in [0.1, 0.15) is 18.2 Å². The maximum absolute atomic E-state index is 13.1. The zero-order valence-corrected chi connectivity index (χ0v) is 22.3. The lowest BCUT2D eigenvalue weighted by molar-refractivity contribution is -0.145. The fraction of sp³-hybridized carbons (Fsp3) is 0.647. The first-order chi connectivity index (χ1) is 17.1. The molecule has 0 aromatic carbocycles. The van der Waals surface area contributed by atoms with Crippen LogP contribution < -0.4 is 16.6 Å². The van der Waals surface area contributed by atoms with Gasteiger partial charge in [0.05, 0.1) is 19.4 Å². The van der Waals surface area contributed by atoms with Gasteiger partial charge in [0.25, 0.3) is 11.5 Å². The zero-order chi connectivity index (χ0) is 28.1. The molecule has 0 spiro atoms. The van der Waals surface area contributed by atoms with E-state index in [2.05, 4.69) is 4.98 Å². The molecule has 20 heteroatoms. The van der Waals surface area contributed by atoms with E-state index in [9.17, 15) is 33.7 Å². The third kappa shape index (κ3) is 8.59. The molecule has 0 aliphatic carbocycles. The number of hydrogen-bond acceptors (Lipinski definition) is 11. The van der Waals surface area contributed by atoms with Crippen LogP contribution in [-0.4, -0.2) is 99.2 Å². The molecule has 1 fully saturated rings. The molecule has 1 aromatic rings. The highest BCUT2D eigenvalue weighted by atomic mass is 32.5. The standard InChI is InChI=1S/C17H27N3O14P2S/c1-8-6-20(17(25)19-13(8)21)15-12(32-5-4-30-2)10(34-36(29,37)31-3)11(33-15)14(22)18-9(16(23)24)7-35(26,27)28/h6,9-12,15H,4-5,7H2,1-3H3,(H,18,22)(H,23,24)(H,29,37)(H,19,21,25)(H2,26,27,28)/t9?,10?,11-,12-,15-,36?/m0/s1. The van der Waals surface area contributed by atoms with Gasteiger partial charge in [0, 0.05) is 26.0 Å². The van der Waals surface area contributed by atoms with Gasteiger partial charge in [0.15, 0.2) is 12.3 Å². The second kappa shape index (κ2) is 12.8. The van der Waals surface area contributed by atoms with Crippen LogP contribution in [0.4, 0.5) is 0 Å². The predicted molar refractivity (Wildman–Crippen MR) is 126 cm³/mol. The van der Waals surface area contributed by atoms with Gasteiger partial charge in [-0.25, -0.2) is 9.59 Å². The summed E-state index contributed by atoms with van der Waals surface area (Å²) in [4.78, 5) is 79.7. The molecule has 0 radical (unpaired) electrons. The van der Waals surface area contributed by atoms with E-state index >= 15 is 0 Å². The van der Waals surface area contributed by atoms with Gasteiger partial charge in [-0.3, -0.25) is 28.2 Å². The van der Waals surface area contributed by atoms with Gasteiger partial charge in [-0.15, -0.1) is 0 Å². The van der Waals surface area contributed by atoms with Crippen LogP contribution in [0.3, 0.4) is 0 Å². The highest BCUT2D eigenvalue weighted by Crippen LogP contribution is 2.48. The molecule has 37 heavy (non-hydrogen) atoms. The number of nitrogens with one attached hydrogen (secondary N) is 2. The molecule has 1 amide bonds. The van der Waals surface area contributed by atoms with Crippen LogP contribution in [0.5, 0.6) is 0 Å². The maximum Gasteiger partial charge on any atom is 0.330 e. The average Bonchev–Trinajstić information content (AvgIpc) is 3.12. The number of hydrogen-bond donors (Lipinski definition) is 6. The summed E-state index contributed by atoms with van der Waals surface area (Å²) in [5.74, 6) is -3.00. The third-order valence-corrected chi connectivity index (χ3v) is 7.50. The molecule has 1 saturated heterocycles. The summed E-state index contributed by atoms with van der Waals surface area (Å²) in [7, 11) is -2.48. The number of carbonyl (C=O) groups excluding carboxylic acids is 1. The van der Waals surface area contributed by atoms with Crippen molar-refractivity contribution in [3.8, 4) is 0 Å². The van der Waals surface area contributed by atoms with E-state index in [1.807, 2.05) is 5.32 Å². The number of carbonyl (C=O) groups is 2. The van der Waals surface area contributed by atoms with E-state index in [4.69, 9.17) is 44.9 Å². The van der Waals surface area contributed by atoms with Crippen LogP contribution >= 0.6 is 14.3 Å². The Balaban J connectivity index is 2.55. The molecule has 1 aromatic heterocycles. The number of ether oxygens (including phenoxy) is 3. The molecular weight excluding hydrogens is 564 g/mol. The SMILES string of the molecule is COCCO[C@H]1C(OP(O)(=S)OC)[C@@H](C(=O)NC(CP(=O)(O)O)C(=O)O)O[C@@H]1n1cc(C)c(=O)[nH]c1=O. The summed E-state index contributed by atoms with van der Waals surface area (Å²) in [6.45, 7) is -2.74. The predicted octanol–water partition coefficient (Wildman–Crippen LogP) is -2.23. The third-order valence-electron chi connectivity index (χ3n) is 4.99. The smallest absolute Gasteiger partial charge is 0.330 e. The lowest BCUT2D eigenvalue weighted by Gasteiger charge is -2.27. The van der Waals surface area contributed by atoms with Crippen LogP contribution in [0.15, 0.2) is 15.8 Å². The molecule has 210 valence electrons. The van der Waals surface area contributed by atoms with E-state index < -0.39 is 74.2 Å². The lowest BCUT2D eigenvalue weighted by Crippen LogP contribution is -2.51. The molecule has 6 atom stereocenters. The summed E-state index contributed by atoms with van der Waals surface area (Å²) in [5.41, 5.74) is -1.56. The maximum atomic E-state index is 13.1. The molecule has 1 aliphatic heterocycles. The van der Waals surface area contributed by atoms with E-state index in [0.29, 0.717) is 0 Å². The first kappa shape index (κ1) is 31.4. The fourth-order valence-electron chi connectivity index (χ4n) is 3.28. The van der Waals surface area contributed by atoms with Crippen LogP contribution in [-0.2, 0) is 49.2 Å². The fourth-order valence-corrected chi connectivity index (χ4v) is 4.93. The van der Waals surface area contributed by atoms with Crippen molar-refractivity contribution in [3.05, 3.63) is 32.6 Å². The Morgan fingerprint density at radius 1 is 1.24 bits per heavy atom. The van der Waals surface area contributed by atoms with Crippen LogP contribution in [0.2, 0.25) is 0 Å². The van der Waals surface area contributed by atoms with Crippen LogP contribution in [0.1, 0.15) is 11.8 Å². The van der Waals surface area contributed by atoms with Gasteiger partial charge >= 0.3 is 26.0 Å². The molecule has 2 rings (SSSR count). The Morgan fingerprint density at radius 2 is 1.89 bits per heavy atom. The molecule has 6 N–H and O–H groups in total. The Morgan fingerprint density at radius 3 is 2.43 bits per heavy atom.